The normalized spacial score (nSPS) is 10.0. The number of benzene rings is 3. The maximum absolute atomic E-state index is 12.3. The van der Waals surface area contributed by atoms with E-state index in [1.807, 2.05) is 0 Å². The number of ether oxygens (including phenoxy) is 1. The molecule has 3 rings (SSSR count). The molecular weight excluding hydrogens is 434 g/mol. The minimum Gasteiger partial charge on any atom is -0.450 e. The molecule has 160 valence electrons. The molecule has 0 saturated heterocycles. The number of halogens is 1. The molecule has 3 aromatic rings. The minimum absolute atomic E-state index is 0.0159. The number of hydrogen-bond acceptors (Lipinski definition) is 5. The maximum atomic E-state index is 12.3. The number of rotatable bonds is 7. The number of carbonyl (C=O) groups is 2. The van der Waals surface area contributed by atoms with E-state index in [0.717, 1.165) is 0 Å². The molecule has 0 unspecified atom stereocenters. The Balaban J connectivity index is 1.58. The summed E-state index contributed by atoms with van der Waals surface area (Å²) in [5.41, 5.74) is 1.15. The summed E-state index contributed by atoms with van der Waals surface area (Å²) in [6.45, 7) is -0.242. The van der Waals surface area contributed by atoms with Crippen LogP contribution in [-0.4, -0.2) is 23.3 Å². The van der Waals surface area contributed by atoms with Crippen molar-refractivity contribution in [2.75, 3.05) is 11.9 Å². The Morgan fingerprint density at radius 3 is 2.53 bits per heavy atom. The molecule has 0 aromatic heterocycles. The topological polar surface area (TPSA) is 111 Å². The quantitative estimate of drug-likeness (QED) is 0.316. The van der Waals surface area contributed by atoms with Crippen molar-refractivity contribution in [3.63, 3.8) is 0 Å². The van der Waals surface area contributed by atoms with Gasteiger partial charge in [0, 0.05) is 27.9 Å². The zero-order chi connectivity index (χ0) is 23.1. The van der Waals surface area contributed by atoms with Crippen LogP contribution in [-0.2, 0) is 4.79 Å². The van der Waals surface area contributed by atoms with Gasteiger partial charge in [-0.3, -0.25) is 19.7 Å². The van der Waals surface area contributed by atoms with Crippen molar-refractivity contribution < 1.29 is 19.2 Å². The highest BCUT2D eigenvalue weighted by Crippen LogP contribution is 2.33. The number of hydrogen-bond donors (Lipinski definition) is 2. The van der Waals surface area contributed by atoms with Gasteiger partial charge in [-0.15, -0.1) is 6.42 Å². The smallest absolute Gasteiger partial charge is 0.313 e. The van der Waals surface area contributed by atoms with Crippen LogP contribution in [0.3, 0.4) is 0 Å². The lowest BCUT2D eigenvalue weighted by molar-refractivity contribution is -0.385. The van der Waals surface area contributed by atoms with Crippen LogP contribution in [0, 0.1) is 22.5 Å². The number of carbonyl (C=O) groups excluding carboxylic acids is 2. The Labute approximate surface area is 188 Å². The molecule has 0 heterocycles. The third-order valence-corrected chi connectivity index (χ3v) is 4.42. The second-order valence-electron chi connectivity index (χ2n) is 6.45. The Hall–Kier alpha value is -4.35. The van der Waals surface area contributed by atoms with Gasteiger partial charge in [0.25, 0.3) is 5.91 Å². The minimum atomic E-state index is -0.600. The summed E-state index contributed by atoms with van der Waals surface area (Å²) < 4.78 is 5.53. The van der Waals surface area contributed by atoms with E-state index in [0.29, 0.717) is 11.3 Å². The lowest BCUT2D eigenvalue weighted by Crippen LogP contribution is -2.32. The second kappa shape index (κ2) is 10.1. The molecule has 0 atom stereocenters. The summed E-state index contributed by atoms with van der Waals surface area (Å²) in [5.74, 6) is 1.89. The maximum Gasteiger partial charge on any atom is 0.313 e. The molecule has 8 nitrogen and oxygen atoms in total. The van der Waals surface area contributed by atoms with E-state index in [-0.39, 0.29) is 34.3 Å². The van der Waals surface area contributed by atoms with Crippen molar-refractivity contribution in [2.24, 2.45) is 0 Å². The molecule has 0 aliphatic rings. The molecule has 3 aromatic carbocycles. The molecule has 2 N–H and O–H groups in total. The predicted octanol–water partition coefficient (Wildman–Crippen LogP) is 4.39. The summed E-state index contributed by atoms with van der Waals surface area (Å²) in [6, 6.07) is 16.7. The molecule has 0 aliphatic heterocycles. The van der Waals surface area contributed by atoms with Crippen LogP contribution < -0.4 is 15.4 Å². The molecular formula is C23H16ClN3O5. The number of nitrogens with one attached hydrogen (secondary N) is 2. The van der Waals surface area contributed by atoms with E-state index in [1.165, 1.54) is 42.5 Å². The van der Waals surface area contributed by atoms with Crippen LogP contribution in [0.15, 0.2) is 66.7 Å². The monoisotopic (exact) mass is 449 g/mol. The van der Waals surface area contributed by atoms with Gasteiger partial charge in [0.1, 0.15) is 5.75 Å². The van der Waals surface area contributed by atoms with Crippen molar-refractivity contribution in [3.05, 3.63) is 93.0 Å². The summed E-state index contributed by atoms with van der Waals surface area (Å²) in [6.07, 6.45) is 5.33. The van der Waals surface area contributed by atoms with E-state index in [2.05, 4.69) is 16.6 Å². The van der Waals surface area contributed by atoms with Gasteiger partial charge in [0.05, 0.1) is 11.5 Å². The van der Waals surface area contributed by atoms with Crippen molar-refractivity contribution in [2.45, 2.75) is 0 Å². The molecule has 9 heteroatoms. The van der Waals surface area contributed by atoms with Crippen molar-refractivity contribution in [1.82, 2.24) is 5.32 Å². The first-order chi connectivity index (χ1) is 15.4. The average Bonchev–Trinajstić information content (AvgIpc) is 2.79. The zero-order valence-electron chi connectivity index (χ0n) is 16.5. The van der Waals surface area contributed by atoms with Gasteiger partial charge >= 0.3 is 5.69 Å². The number of amides is 2. The van der Waals surface area contributed by atoms with Gasteiger partial charge < -0.3 is 15.4 Å². The molecule has 0 saturated carbocycles. The first-order valence-electron chi connectivity index (χ1n) is 9.22. The van der Waals surface area contributed by atoms with E-state index in [9.17, 15) is 19.7 Å². The highest BCUT2D eigenvalue weighted by atomic mass is 35.5. The van der Waals surface area contributed by atoms with Gasteiger partial charge in [-0.1, -0.05) is 23.6 Å². The number of nitro groups is 1. The van der Waals surface area contributed by atoms with Crippen LogP contribution in [0.4, 0.5) is 11.4 Å². The fraction of sp³-hybridized carbons (Fsp3) is 0.0435. The molecule has 0 bridgehead atoms. The predicted molar refractivity (Wildman–Crippen MR) is 120 cm³/mol. The van der Waals surface area contributed by atoms with Crippen molar-refractivity contribution in [1.29, 1.82) is 0 Å². The molecule has 32 heavy (non-hydrogen) atoms. The average molecular weight is 450 g/mol. The SMILES string of the molecule is C#Cc1cccc(NC(=O)CNC(=O)c2ccc(Oc3ccc(Cl)cc3[N+](=O)[O-])cc2)c1. The fourth-order valence-electron chi connectivity index (χ4n) is 2.68. The molecule has 2 amide bonds. The summed E-state index contributed by atoms with van der Waals surface area (Å²) in [7, 11) is 0. The number of anilines is 1. The third kappa shape index (κ3) is 5.84. The van der Waals surface area contributed by atoms with Gasteiger partial charge in [0.2, 0.25) is 11.7 Å². The standard InChI is InChI=1S/C23H16ClN3O5/c1-2-15-4-3-5-18(12-15)26-22(28)14-25-23(29)16-6-9-19(10-7-16)32-21-11-8-17(24)13-20(21)27(30)31/h1,3-13H,14H2,(H,25,29)(H,26,28). The van der Waals surface area contributed by atoms with E-state index in [1.54, 1.807) is 24.3 Å². The molecule has 0 spiro atoms. The number of nitrogens with zero attached hydrogens (tertiary/aromatic N) is 1. The largest absolute Gasteiger partial charge is 0.450 e. The first-order valence-corrected chi connectivity index (χ1v) is 9.60. The van der Waals surface area contributed by atoms with Gasteiger partial charge in [-0.2, -0.15) is 0 Å². The third-order valence-electron chi connectivity index (χ3n) is 4.18. The van der Waals surface area contributed by atoms with Crippen molar-refractivity contribution >= 4 is 34.8 Å². The van der Waals surface area contributed by atoms with E-state index < -0.39 is 16.7 Å². The van der Waals surface area contributed by atoms with Crippen LogP contribution in [0.5, 0.6) is 11.5 Å². The summed E-state index contributed by atoms with van der Waals surface area (Å²) in [4.78, 5) is 34.9. The summed E-state index contributed by atoms with van der Waals surface area (Å²) in [5, 5.41) is 16.5. The molecule has 0 fully saturated rings. The van der Waals surface area contributed by atoms with Crippen LogP contribution >= 0.6 is 11.6 Å². The van der Waals surface area contributed by atoms with Gasteiger partial charge in [-0.05, 0) is 54.6 Å². The molecule has 0 radical (unpaired) electrons. The summed E-state index contributed by atoms with van der Waals surface area (Å²) >= 11 is 5.79. The van der Waals surface area contributed by atoms with Crippen LogP contribution in [0.25, 0.3) is 0 Å². The van der Waals surface area contributed by atoms with E-state index in [4.69, 9.17) is 22.8 Å². The Morgan fingerprint density at radius 2 is 1.84 bits per heavy atom. The molecule has 0 aliphatic carbocycles. The Bertz CT molecular complexity index is 1220. The van der Waals surface area contributed by atoms with Crippen LogP contribution in [0.1, 0.15) is 15.9 Å². The first kappa shape index (κ1) is 22.3. The highest BCUT2D eigenvalue weighted by Gasteiger charge is 2.17. The second-order valence-corrected chi connectivity index (χ2v) is 6.89. The Kier molecular flexibility index (Phi) is 7.06. The van der Waals surface area contributed by atoms with E-state index >= 15 is 0 Å². The van der Waals surface area contributed by atoms with Gasteiger partial charge in [0.15, 0.2) is 0 Å². The van der Waals surface area contributed by atoms with Crippen molar-refractivity contribution in [3.8, 4) is 23.8 Å². The number of terminal acetylenes is 1. The lowest BCUT2D eigenvalue weighted by atomic mass is 10.2. The fourth-order valence-corrected chi connectivity index (χ4v) is 2.84. The van der Waals surface area contributed by atoms with Crippen LogP contribution in [0.2, 0.25) is 5.02 Å². The zero-order valence-corrected chi connectivity index (χ0v) is 17.3. The van der Waals surface area contributed by atoms with Gasteiger partial charge in [-0.25, -0.2) is 0 Å². The highest BCUT2D eigenvalue weighted by molar-refractivity contribution is 6.30. The number of nitro benzene ring substituents is 1. The Morgan fingerprint density at radius 1 is 1.09 bits per heavy atom. The lowest BCUT2D eigenvalue weighted by Gasteiger charge is -2.09.